The predicted molar refractivity (Wildman–Crippen MR) is 112 cm³/mol. The van der Waals surface area contributed by atoms with Crippen molar-refractivity contribution in [1.82, 2.24) is 14.5 Å². The molecule has 9 heteroatoms. The number of Topliss-reactive ketones (excluding diaryl/α,β-unsaturated/α-hetero) is 1. The molecule has 1 aliphatic heterocycles. The molecule has 1 aliphatic rings. The molecular weight excluding hydrogens is 421 g/mol. The molecule has 166 valence electrons. The molecule has 0 aliphatic carbocycles. The number of ketones is 1. The Balaban J connectivity index is 1.83. The van der Waals surface area contributed by atoms with E-state index < -0.39 is 11.7 Å². The van der Waals surface area contributed by atoms with Crippen molar-refractivity contribution in [2.75, 3.05) is 19.6 Å². The van der Waals surface area contributed by atoms with Crippen LogP contribution in [0.5, 0.6) is 0 Å². The number of aliphatic hydroxyl groups excluding tert-OH is 1. The molecule has 32 heavy (non-hydrogen) atoms. The molecule has 0 radical (unpaired) electrons. The number of rotatable bonds is 4. The van der Waals surface area contributed by atoms with Gasteiger partial charge in [-0.3, -0.25) is 14.7 Å². The van der Waals surface area contributed by atoms with Crippen molar-refractivity contribution in [3.63, 3.8) is 0 Å². The van der Waals surface area contributed by atoms with Crippen LogP contribution in [0.15, 0.2) is 36.5 Å². The summed E-state index contributed by atoms with van der Waals surface area (Å²) < 4.78 is 41.7. The summed E-state index contributed by atoms with van der Waals surface area (Å²) in [5, 5.41) is 18.7. The van der Waals surface area contributed by atoms with E-state index in [2.05, 4.69) is 4.98 Å². The quantitative estimate of drug-likeness (QED) is 0.621. The van der Waals surface area contributed by atoms with Gasteiger partial charge in [0.1, 0.15) is 0 Å². The number of alkyl halides is 3. The molecule has 1 fully saturated rings. The predicted octanol–water partition coefficient (Wildman–Crippen LogP) is 3.86. The molecule has 0 spiro atoms. The summed E-state index contributed by atoms with van der Waals surface area (Å²) in [6.07, 6.45) is -3.05. The fourth-order valence-electron chi connectivity index (χ4n) is 4.15. The van der Waals surface area contributed by atoms with Crippen LogP contribution in [-0.4, -0.2) is 51.1 Å². The number of nitrogens with zero attached hydrogens (tertiary/aromatic N) is 4. The van der Waals surface area contributed by atoms with Crippen molar-refractivity contribution in [3.8, 4) is 11.8 Å². The number of piperidine rings is 1. The summed E-state index contributed by atoms with van der Waals surface area (Å²) in [7, 11) is 0. The van der Waals surface area contributed by atoms with Gasteiger partial charge in [0.2, 0.25) is 0 Å². The topological polar surface area (TPSA) is 82.2 Å². The van der Waals surface area contributed by atoms with Crippen LogP contribution in [0.3, 0.4) is 0 Å². The first kappa shape index (κ1) is 22.0. The maximum atomic E-state index is 13.4. The average molecular weight is 442 g/mol. The summed E-state index contributed by atoms with van der Waals surface area (Å²) in [5.41, 5.74) is 1.21. The molecule has 0 bridgehead atoms. The molecule has 3 heterocycles. The SMILES string of the molecule is Cc1c(C(=O)CN2CCC(O)CC2)c2ncc(C(F)(F)F)cc2n1-c1ccc(C#N)cc1. The first-order valence-corrected chi connectivity index (χ1v) is 10.2. The second-order valence-electron chi connectivity index (χ2n) is 7.97. The van der Waals surface area contributed by atoms with Gasteiger partial charge in [-0.25, -0.2) is 0 Å². The van der Waals surface area contributed by atoms with Crippen molar-refractivity contribution < 1.29 is 23.1 Å². The highest BCUT2D eigenvalue weighted by molar-refractivity contribution is 6.09. The minimum Gasteiger partial charge on any atom is -0.393 e. The number of likely N-dealkylation sites (tertiary alicyclic amines) is 1. The molecule has 2 aromatic heterocycles. The number of carbonyl (C=O) groups is 1. The maximum absolute atomic E-state index is 13.4. The van der Waals surface area contributed by atoms with Crippen LogP contribution in [0, 0.1) is 18.3 Å². The average Bonchev–Trinajstić information content (AvgIpc) is 3.06. The zero-order chi connectivity index (χ0) is 23.0. The normalized spacial score (nSPS) is 15.8. The third-order valence-corrected chi connectivity index (χ3v) is 5.83. The van der Waals surface area contributed by atoms with E-state index in [9.17, 15) is 23.1 Å². The summed E-state index contributed by atoms with van der Waals surface area (Å²) in [6, 6.07) is 9.42. The van der Waals surface area contributed by atoms with E-state index in [1.807, 2.05) is 11.0 Å². The highest BCUT2D eigenvalue weighted by atomic mass is 19.4. The number of aromatic nitrogens is 2. The van der Waals surface area contributed by atoms with Crippen molar-refractivity contribution in [3.05, 3.63) is 58.9 Å². The number of hydrogen-bond donors (Lipinski definition) is 1. The Morgan fingerprint density at radius 2 is 1.91 bits per heavy atom. The lowest BCUT2D eigenvalue weighted by molar-refractivity contribution is -0.137. The number of halogens is 3. The van der Waals surface area contributed by atoms with Gasteiger partial charge < -0.3 is 9.67 Å². The molecule has 1 saturated heterocycles. The molecule has 0 saturated carbocycles. The van der Waals surface area contributed by atoms with Gasteiger partial charge in [0, 0.05) is 30.7 Å². The number of aliphatic hydroxyl groups is 1. The summed E-state index contributed by atoms with van der Waals surface area (Å²) in [6.45, 7) is 2.93. The molecule has 6 nitrogen and oxygen atoms in total. The molecule has 1 N–H and O–H groups in total. The number of pyridine rings is 1. The van der Waals surface area contributed by atoms with E-state index in [4.69, 9.17) is 5.26 Å². The lowest BCUT2D eigenvalue weighted by Crippen LogP contribution is -2.39. The molecule has 3 aromatic rings. The van der Waals surface area contributed by atoms with E-state index in [-0.39, 0.29) is 35.0 Å². The number of benzene rings is 1. The van der Waals surface area contributed by atoms with Gasteiger partial charge in [-0.15, -0.1) is 0 Å². The van der Waals surface area contributed by atoms with E-state index in [0.717, 1.165) is 12.3 Å². The maximum Gasteiger partial charge on any atom is 0.417 e. The summed E-state index contributed by atoms with van der Waals surface area (Å²) in [4.78, 5) is 19.2. The van der Waals surface area contributed by atoms with Crippen LogP contribution in [-0.2, 0) is 6.18 Å². The first-order chi connectivity index (χ1) is 15.2. The van der Waals surface area contributed by atoms with E-state index in [0.29, 0.717) is 42.9 Å². The second-order valence-corrected chi connectivity index (χ2v) is 7.97. The first-order valence-electron chi connectivity index (χ1n) is 10.2. The molecule has 0 unspecified atom stereocenters. The molecule has 1 aromatic carbocycles. The number of hydrogen-bond acceptors (Lipinski definition) is 5. The van der Waals surface area contributed by atoms with Crippen LogP contribution in [0.4, 0.5) is 13.2 Å². The van der Waals surface area contributed by atoms with Crippen molar-refractivity contribution in [2.24, 2.45) is 0 Å². The Labute approximate surface area is 182 Å². The number of nitriles is 1. The lowest BCUT2D eigenvalue weighted by atomic mass is 10.1. The largest absolute Gasteiger partial charge is 0.417 e. The third kappa shape index (κ3) is 4.11. The van der Waals surface area contributed by atoms with Gasteiger partial charge in [0.25, 0.3) is 0 Å². The Hall–Kier alpha value is -3.22. The van der Waals surface area contributed by atoms with Gasteiger partial charge >= 0.3 is 6.18 Å². The second kappa shape index (κ2) is 8.37. The van der Waals surface area contributed by atoms with Gasteiger partial charge in [-0.05, 0) is 50.1 Å². The van der Waals surface area contributed by atoms with Crippen LogP contribution in [0.1, 0.15) is 40.0 Å². The minimum atomic E-state index is -4.58. The smallest absolute Gasteiger partial charge is 0.393 e. The Morgan fingerprint density at radius 1 is 1.25 bits per heavy atom. The number of fused-ring (bicyclic) bond motifs is 1. The van der Waals surface area contributed by atoms with E-state index in [1.165, 1.54) is 0 Å². The Kier molecular flexibility index (Phi) is 5.75. The van der Waals surface area contributed by atoms with Gasteiger partial charge in [0.15, 0.2) is 5.78 Å². The van der Waals surface area contributed by atoms with Crippen molar-refractivity contribution >= 4 is 16.8 Å². The van der Waals surface area contributed by atoms with Gasteiger partial charge in [0.05, 0.1) is 46.4 Å². The van der Waals surface area contributed by atoms with Gasteiger partial charge in [-0.2, -0.15) is 18.4 Å². The molecule has 4 rings (SSSR count). The van der Waals surface area contributed by atoms with Crippen LogP contribution in [0.2, 0.25) is 0 Å². The van der Waals surface area contributed by atoms with Crippen LogP contribution in [0.25, 0.3) is 16.7 Å². The standard InChI is InChI=1S/C23H21F3N4O2/c1-14-21(20(32)13-29-8-6-18(31)7-9-29)22-19(10-16(12-28-22)23(24,25)26)30(14)17-4-2-15(11-27)3-5-17/h2-5,10,12,18,31H,6-9,13H2,1H3. The lowest BCUT2D eigenvalue weighted by Gasteiger charge is -2.28. The van der Waals surface area contributed by atoms with E-state index >= 15 is 0 Å². The highest BCUT2D eigenvalue weighted by Gasteiger charge is 2.33. The van der Waals surface area contributed by atoms with Gasteiger partial charge in [-0.1, -0.05) is 0 Å². The Morgan fingerprint density at radius 3 is 2.50 bits per heavy atom. The summed E-state index contributed by atoms with van der Waals surface area (Å²) >= 11 is 0. The Bertz CT molecular complexity index is 1200. The zero-order valence-electron chi connectivity index (χ0n) is 17.4. The van der Waals surface area contributed by atoms with E-state index in [1.54, 1.807) is 35.8 Å². The zero-order valence-corrected chi connectivity index (χ0v) is 17.4. The van der Waals surface area contributed by atoms with Crippen LogP contribution < -0.4 is 0 Å². The highest BCUT2D eigenvalue weighted by Crippen LogP contribution is 2.34. The van der Waals surface area contributed by atoms with Crippen molar-refractivity contribution in [2.45, 2.75) is 32.0 Å². The fraction of sp³-hybridized carbons (Fsp3) is 0.348. The minimum absolute atomic E-state index is 0.0999. The fourth-order valence-corrected chi connectivity index (χ4v) is 4.15. The third-order valence-electron chi connectivity index (χ3n) is 5.83. The molecular formula is C23H21F3N4O2. The van der Waals surface area contributed by atoms with Crippen LogP contribution >= 0.6 is 0 Å². The molecule has 0 amide bonds. The van der Waals surface area contributed by atoms with Crippen molar-refractivity contribution in [1.29, 1.82) is 5.26 Å². The molecule has 0 atom stereocenters. The number of carbonyl (C=O) groups excluding carboxylic acids is 1. The monoisotopic (exact) mass is 442 g/mol. The summed E-state index contributed by atoms with van der Waals surface area (Å²) in [5.74, 6) is -0.233.